The van der Waals surface area contributed by atoms with Crippen LogP contribution in [0, 0.1) is 5.92 Å². The van der Waals surface area contributed by atoms with E-state index < -0.39 is 24.1 Å². The number of unbranched alkanes of at least 4 members (excludes halogenated alkanes) is 1. The van der Waals surface area contributed by atoms with Gasteiger partial charge < -0.3 is 14.7 Å². The number of nitrogens with one attached hydrogen (secondary N) is 1. The van der Waals surface area contributed by atoms with Crippen LogP contribution in [0.5, 0.6) is 0 Å². The van der Waals surface area contributed by atoms with Crippen LogP contribution in [-0.4, -0.2) is 58.6 Å². The van der Waals surface area contributed by atoms with E-state index in [0.717, 1.165) is 38.5 Å². The SMILES string of the molecule is CCCCC(NC(C)C(=O)N1C(C(=O)OCC)CC2CCCCC21)C(=O)O. The van der Waals surface area contributed by atoms with E-state index in [0.29, 0.717) is 25.4 Å². The van der Waals surface area contributed by atoms with Crippen LogP contribution in [0.15, 0.2) is 0 Å². The molecule has 154 valence electrons. The molecule has 0 radical (unpaired) electrons. The third kappa shape index (κ3) is 5.21. The van der Waals surface area contributed by atoms with Gasteiger partial charge in [0, 0.05) is 6.04 Å². The maximum absolute atomic E-state index is 13.2. The zero-order valence-corrected chi connectivity index (χ0v) is 16.8. The summed E-state index contributed by atoms with van der Waals surface area (Å²) < 4.78 is 5.22. The predicted molar refractivity (Wildman–Crippen MR) is 101 cm³/mol. The van der Waals surface area contributed by atoms with Gasteiger partial charge in [0.2, 0.25) is 5.91 Å². The molecule has 7 nitrogen and oxygen atoms in total. The van der Waals surface area contributed by atoms with Crippen molar-refractivity contribution in [2.24, 2.45) is 5.92 Å². The molecule has 1 saturated heterocycles. The Balaban J connectivity index is 2.13. The van der Waals surface area contributed by atoms with Gasteiger partial charge in [-0.1, -0.05) is 32.6 Å². The van der Waals surface area contributed by atoms with Crippen LogP contribution in [0.1, 0.15) is 72.1 Å². The van der Waals surface area contributed by atoms with Gasteiger partial charge in [0.25, 0.3) is 0 Å². The fraction of sp³-hybridized carbons (Fsp3) is 0.850. The normalized spacial score (nSPS) is 26.9. The van der Waals surface area contributed by atoms with E-state index in [4.69, 9.17) is 4.74 Å². The third-order valence-electron chi connectivity index (χ3n) is 5.87. The van der Waals surface area contributed by atoms with Crippen molar-refractivity contribution in [3.8, 4) is 0 Å². The third-order valence-corrected chi connectivity index (χ3v) is 5.87. The number of esters is 1. The summed E-state index contributed by atoms with van der Waals surface area (Å²) >= 11 is 0. The monoisotopic (exact) mass is 382 g/mol. The van der Waals surface area contributed by atoms with Gasteiger partial charge in [-0.3, -0.25) is 14.9 Å². The van der Waals surface area contributed by atoms with Crippen LogP contribution < -0.4 is 5.32 Å². The zero-order valence-electron chi connectivity index (χ0n) is 16.8. The fourth-order valence-corrected chi connectivity index (χ4v) is 4.51. The summed E-state index contributed by atoms with van der Waals surface area (Å²) in [6.07, 6.45) is 6.93. The highest BCUT2D eigenvalue weighted by molar-refractivity contribution is 5.89. The number of likely N-dealkylation sites (tertiary alicyclic amines) is 1. The number of rotatable bonds is 9. The zero-order chi connectivity index (χ0) is 20.0. The van der Waals surface area contributed by atoms with Crippen molar-refractivity contribution < 1.29 is 24.2 Å². The first-order valence-corrected chi connectivity index (χ1v) is 10.4. The van der Waals surface area contributed by atoms with E-state index >= 15 is 0 Å². The molecular weight excluding hydrogens is 348 g/mol. The van der Waals surface area contributed by atoms with E-state index in [1.165, 1.54) is 0 Å². The Hall–Kier alpha value is -1.63. The van der Waals surface area contributed by atoms with Crippen LogP contribution >= 0.6 is 0 Å². The van der Waals surface area contributed by atoms with Gasteiger partial charge in [-0.15, -0.1) is 0 Å². The van der Waals surface area contributed by atoms with Gasteiger partial charge in [-0.2, -0.15) is 0 Å². The van der Waals surface area contributed by atoms with Gasteiger partial charge >= 0.3 is 11.9 Å². The first-order chi connectivity index (χ1) is 12.9. The van der Waals surface area contributed by atoms with E-state index in [1.807, 2.05) is 6.92 Å². The molecule has 2 aliphatic rings. The number of hydrogen-bond donors (Lipinski definition) is 2. The maximum atomic E-state index is 13.2. The molecule has 7 heteroatoms. The molecule has 0 spiro atoms. The van der Waals surface area contributed by atoms with E-state index in [1.54, 1.807) is 18.7 Å². The Morgan fingerprint density at radius 2 is 1.93 bits per heavy atom. The molecule has 1 saturated carbocycles. The Morgan fingerprint density at radius 1 is 1.22 bits per heavy atom. The lowest BCUT2D eigenvalue weighted by molar-refractivity contribution is -0.155. The van der Waals surface area contributed by atoms with Crippen molar-refractivity contribution in [3.05, 3.63) is 0 Å². The van der Waals surface area contributed by atoms with Gasteiger partial charge in [-0.25, -0.2) is 4.79 Å². The van der Waals surface area contributed by atoms with Crippen molar-refractivity contribution >= 4 is 17.8 Å². The minimum atomic E-state index is -0.943. The molecule has 27 heavy (non-hydrogen) atoms. The summed E-state index contributed by atoms with van der Waals surface area (Å²) in [5.74, 6) is -1.14. The molecule has 1 aliphatic heterocycles. The number of carbonyl (C=O) groups excluding carboxylic acids is 2. The minimum Gasteiger partial charge on any atom is -0.480 e. The van der Waals surface area contributed by atoms with Crippen LogP contribution in [0.2, 0.25) is 0 Å². The molecule has 5 unspecified atom stereocenters. The Labute approximate surface area is 161 Å². The number of carbonyl (C=O) groups is 3. The Morgan fingerprint density at radius 3 is 2.56 bits per heavy atom. The maximum Gasteiger partial charge on any atom is 0.328 e. The van der Waals surface area contributed by atoms with Crippen molar-refractivity contribution in [3.63, 3.8) is 0 Å². The second kappa shape index (κ2) is 10.1. The minimum absolute atomic E-state index is 0.0591. The predicted octanol–water partition coefficient (Wildman–Crippen LogP) is 2.33. The van der Waals surface area contributed by atoms with Gasteiger partial charge in [0.05, 0.1) is 12.6 Å². The highest BCUT2D eigenvalue weighted by Crippen LogP contribution is 2.40. The standard InChI is InChI=1S/C20H34N2O5/c1-4-6-10-15(19(24)25)21-13(3)18(23)22-16-11-8-7-9-14(16)12-17(22)20(26)27-5-2/h13-17,21H,4-12H2,1-3H3,(H,24,25). The molecule has 0 aromatic rings. The second-order valence-corrected chi connectivity index (χ2v) is 7.78. The van der Waals surface area contributed by atoms with Crippen molar-refractivity contribution in [1.29, 1.82) is 0 Å². The first kappa shape index (κ1) is 21.7. The molecule has 1 aliphatic carbocycles. The molecule has 1 heterocycles. The van der Waals surface area contributed by atoms with Crippen LogP contribution in [0.4, 0.5) is 0 Å². The van der Waals surface area contributed by atoms with Crippen molar-refractivity contribution in [2.45, 2.75) is 96.3 Å². The Bertz CT molecular complexity index is 538. The molecule has 2 N–H and O–H groups in total. The fourth-order valence-electron chi connectivity index (χ4n) is 4.51. The quantitative estimate of drug-likeness (QED) is 0.594. The van der Waals surface area contributed by atoms with Crippen LogP contribution in [0.3, 0.4) is 0 Å². The number of nitrogens with zero attached hydrogens (tertiary/aromatic N) is 1. The lowest BCUT2D eigenvalue weighted by Gasteiger charge is -2.35. The smallest absolute Gasteiger partial charge is 0.328 e. The van der Waals surface area contributed by atoms with E-state index in [9.17, 15) is 19.5 Å². The summed E-state index contributed by atoms with van der Waals surface area (Å²) in [5, 5.41) is 12.4. The summed E-state index contributed by atoms with van der Waals surface area (Å²) in [5.41, 5.74) is 0. The highest BCUT2D eigenvalue weighted by Gasteiger charge is 2.49. The van der Waals surface area contributed by atoms with E-state index in [-0.39, 0.29) is 17.9 Å². The molecule has 2 fully saturated rings. The average Bonchev–Trinajstić information content (AvgIpc) is 3.03. The Kier molecular flexibility index (Phi) is 8.07. The van der Waals surface area contributed by atoms with Gasteiger partial charge in [0.15, 0.2) is 0 Å². The number of ether oxygens (including phenoxy) is 1. The average molecular weight is 383 g/mol. The lowest BCUT2D eigenvalue weighted by atomic mass is 9.84. The van der Waals surface area contributed by atoms with Crippen LogP contribution in [0.25, 0.3) is 0 Å². The molecule has 5 atom stereocenters. The van der Waals surface area contributed by atoms with Crippen molar-refractivity contribution in [2.75, 3.05) is 6.61 Å². The summed E-state index contributed by atoms with van der Waals surface area (Å²) in [7, 11) is 0. The van der Waals surface area contributed by atoms with Crippen LogP contribution in [-0.2, 0) is 19.1 Å². The molecule has 0 bridgehead atoms. The topological polar surface area (TPSA) is 95.9 Å². The number of hydrogen-bond acceptors (Lipinski definition) is 5. The van der Waals surface area contributed by atoms with Gasteiger partial charge in [0.1, 0.15) is 12.1 Å². The molecule has 0 aromatic heterocycles. The largest absolute Gasteiger partial charge is 0.480 e. The number of carboxylic acids is 1. The van der Waals surface area contributed by atoms with Crippen molar-refractivity contribution in [1.82, 2.24) is 10.2 Å². The summed E-state index contributed by atoms with van der Waals surface area (Å²) in [4.78, 5) is 38.9. The summed E-state index contributed by atoms with van der Waals surface area (Å²) in [6, 6.07) is -1.90. The first-order valence-electron chi connectivity index (χ1n) is 10.4. The highest BCUT2D eigenvalue weighted by atomic mass is 16.5. The summed E-state index contributed by atoms with van der Waals surface area (Å²) in [6.45, 7) is 5.76. The number of aliphatic carboxylic acids is 1. The molecular formula is C20H34N2O5. The number of carboxylic acid groups (broad SMARTS) is 1. The molecule has 1 amide bonds. The number of amides is 1. The number of fused-ring (bicyclic) bond motifs is 1. The lowest BCUT2D eigenvalue weighted by Crippen LogP contribution is -2.55. The molecule has 2 rings (SSSR count). The molecule has 0 aromatic carbocycles. The second-order valence-electron chi connectivity index (χ2n) is 7.78. The van der Waals surface area contributed by atoms with E-state index in [2.05, 4.69) is 5.32 Å². The van der Waals surface area contributed by atoms with Gasteiger partial charge in [-0.05, 0) is 45.4 Å².